The molecule has 0 bridgehead atoms. The monoisotopic (exact) mass is 167 g/mol. The first-order valence-electron chi connectivity index (χ1n) is 3.63. The van der Waals surface area contributed by atoms with E-state index >= 15 is 0 Å². The van der Waals surface area contributed by atoms with E-state index in [-0.39, 0.29) is 0 Å². The van der Waals surface area contributed by atoms with Crippen LogP contribution in [0.3, 0.4) is 0 Å². The minimum Gasteiger partial charge on any atom is -0.230 e. The van der Waals surface area contributed by atoms with Crippen LogP contribution in [0.5, 0.6) is 0 Å². The Labute approximate surface area is 69.5 Å². The zero-order chi connectivity index (χ0) is 7.68. The standard InChI is InChI=1S/C7H9N3S/c1-2-6-5-11-7-8-3-4-10(7)9-6/h3-4H,2,5H2,1H3. The van der Waals surface area contributed by atoms with Gasteiger partial charge in [0.05, 0.1) is 0 Å². The normalized spacial score (nSPS) is 15.9. The Balaban J connectivity index is 2.37. The molecule has 1 aromatic rings. The van der Waals surface area contributed by atoms with Gasteiger partial charge in [0, 0.05) is 23.9 Å². The Morgan fingerprint density at radius 1 is 1.73 bits per heavy atom. The van der Waals surface area contributed by atoms with Crippen LogP contribution in [0.4, 0.5) is 0 Å². The first kappa shape index (κ1) is 6.91. The number of thioether (sulfide) groups is 1. The van der Waals surface area contributed by atoms with Gasteiger partial charge >= 0.3 is 0 Å². The molecule has 1 aliphatic heterocycles. The maximum Gasteiger partial charge on any atom is 0.189 e. The fourth-order valence-corrected chi connectivity index (χ4v) is 1.89. The highest BCUT2D eigenvalue weighted by Gasteiger charge is 2.10. The SMILES string of the molecule is CCC1=Nn2ccnc2SC1. The van der Waals surface area contributed by atoms with Gasteiger partial charge in [-0.3, -0.25) is 0 Å². The predicted octanol–water partition coefficient (Wildman–Crippen LogP) is 1.60. The Hall–Kier alpha value is -0.770. The summed E-state index contributed by atoms with van der Waals surface area (Å²) in [4.78, 5) is 4.14. The molecule has 0 atom stereocenters. The Bertz CT molecular complexity index is 290. The highest BCUT2D eigenvalue weighted by Crippen LogP contribution is 2.20. The van der Waals surface area contributed by atoms with Crippen molar-refractivity contribution in [3.8, 4) is 0 Å². The summed E-state index contributed by atoms with van der Waals surface area (Å²) in [6.07, 6.45) is 4.70. The number of hydrogen-bond donors (Lipinski definition) is 0. The van der Waals surface area contributed by atoms with Crippen LogP contribution < -0.4 is 0 Å². The molecular formula is C7H9N3S. The van der Waals surface area contributed by atoms with Gasteiger partial charge in [-0.1, -0.05) is 18.7 Å². The highest BCUT2D eigenvalue weighted by atomic mass is 32.2. The third kappa shape index (κ3) is 1.18. The van der Waals surface area contributed by atoms with Gasteiger partial charge in [0.15, 0.2) is 5.16 Å². The van der Waals surface area contributed by atoms with Crippen LogP contribution in [0.15, 0.2) is 22.7 Å². The summed E-state index contributed by atoms with van der Waals surface area (Å²) < 4.78 is 1.84. The van der Waals surface area contributed by atoms with Crippen molar-refractivity contribution in [2.75, 3.05) is 5.75 Å². The van der Waals surface area contributed by atoms with Crippen LogP contribution >= 0.6 is 11.8 Å². The molecule has 0 saturated carbocycles. The van der Waals surface area contributed by atoms with Gasteiger partial charge in [-0.15, -0.1) is 0 Å². The lowest BCUT2D eigenvalue weighted by Crippen LogP contribution is -2.09. The van der Waals surface area contributed by atoms with Crippen LogP contribution in [0.2, 0.25) is 0 Å². The molecule has 0 unspecified atom stereocenters. The van der Waals surface area contributed by atoms with Crippen molar-refractivity contribution in [3.05, 3.63) is 12.4 Å². The molecule has 0 radical (unpaired) electrons. The van der Waals surface area contributed by atoms with Crippen LogP contribution in [-0.2, 0) is 0 Å². The van der Waals surface area contributed by atoms with Crippen molar-refractivity contribution < 1.29 is 0 Å². The number of rotatable bonds is 1. The van der Waals surface area contributed by atoms with E-state index in [9.17, 15) is 0 Å². The molecule has 0 aliphatic carbocycles. The van der Waals surface area contributed by atoms with E-state index in [1.54, 1.807) is 18.0 Å². The van der Waals surface area contributed by atoms with Gasteiger partial charge in [-0.2, -0.15) is 5.10 Å². The van der Waals surface area contributed by atoms with Crippen molar-refractivity contribution >= 4 is 17.5 Å². The second-order valence-corrected chi connectivity index (χ2v) is 3.31. The highest BCUT2D eigenvalue weighted by molar-refractivity contribution is 7.99. The van der Waals surface area contributed by atoms with Crippen LogP contribution in [0, 0.1) is 0 Å². The number of nitrogens with zero attached hydrogens (tertiary/aromatic N) is 3. The topological polar surface area (TPSA) is 30.2 Å². The molecule has 1 aromatic heterocycles. The minimum atomic E-state index is 0.994. The summed E-state index contributed by atoms with van der Waals surface area (Å²) in [5.74, 6) is 0.994. The van der Waals surface area contributed by atoms with Crippen LogP contribution in [-0.4, -0.2) is 21.1 Å². The lowest BCUT2D eigenvalue weighted by atomic mass is 10.3. The minimum absolute atomic E-state index is 0.994. The molecule has 0 amide bonds. The van der Waals surface area contributed by atoms with E-state index in [4.69, 9.17) is 0 Å². The third-order valence-corrected chi connectivity index (χ3v) is 2.64. The molecule has 2 rings (SSSR count). The van der Waals surface area contributed by atoms with Gasteiger partial charge in [0.25, 0.3) is 0 Å². The average Bonchev–Trinajstić information content (AvgIpc) is 2.50. The molecule has 3 nitrogen and oxygen atoms in total. The molecule has 2 heterocycles. The lowest BCUT2D eigenvalue weighted by molar-refractivity contribution is 0.752. The van der Waals surface area contributed by atoms with Gasteiger partial charge < -0.3 is 0 Å². The van der Waals surface area contributed by atoms with E-state index in [0.29, 0.717) is 0 Å². The number of hydrogen-bond acceptors (Lipinski definition) is 3. The number of imidazole rings is 1. The van der Waals surface area contributed by atoms with Gasteiger partial charge in [0.1, 0.15) is 0 Å². The molecule has 0 aromatic carbocycles. The predicted molar refractivity (Wildman–Crippen MR) is 46.1 cm³/mol. The Morgan fingerprint density at radius 2 is 2.64 bits per heavy atom. The van der Waals surface area contributed by atoms with E-state index < -0.39 is 0 Å². The molecule has 1 aliphatic rings. The van der Waals surface area contributed by atoms with Gasteiger partial charge in [0.2, 0.25) is 0 Å². The average molecular weight is 167 g/mol. The number of aromatic nitrogens is 2. The maximum absolute atomic E-state index is 4.37. The lowest BCUT2D eigenvalue weighted by Gasteiger charge is -2.10. The van der Waals surface area contributed by atoms with Crippen molar-refractivity contribution in [2.24, 2.45) is 5.10 Å². The maximum atomic E-state index is 4.37. The molecule has 11 heavy (non-hydrogen) atoms. The van der Waals surface area contributed by atoms with E-state index in [0.717, 1.165) is 17.3 Å². The number of fused-ring (bicyclic) bond motifs is 1. The first-order chi connectivity index (χ1) is 5.40. The summed E-state index contributed by atoms with van der Waals surface area (Å²) in [7, 11) is 0. The second-order valence-electron chi connectivity index (χ2n) is 2.36. The summed E-state index contributed by atoms with van der Waals surface area (Å²) in [5.41, 5.74) is 1.24. The molecular weight excluding hydrogens is 158 g/mol. The Kier molecular flexibility index (Phi) is 1.69. The van der Waals surface area contributed by atoms with E-state index in [1.807, 2.05) is 10.9 Å². The zero-order valence-electron chi connectivity index (χ0n) is 6.32. The van der Waals surface area contributed by atoms with E-state index in [1.165, 1.54) is 5.71 Å². The van der Waals surface area contributed by atoms with Crippen molar-refractivity contribution in [1.29, 1.82) is 0 Å². The first-order valence-corrected chi connectivity index (χ1v) is 4.61. The quantitative estimate of drug-likeness (QED) is 0.636. The summed E-state index contributed by atoms with van der Waals surface area (Å²) in [6.45, 7) is 2.13. The molecule has 0 N–H and O–H groups in total. The fraction of sp³-hybridized carbons (Fsp3) is 0.429. The molecule has 4 heteroatoms. The van der Waals surface area contributed by atoms with Gasteiger partial charge in [-0.25, -0.2) is 9.66 Å². The second kappa shape index (κ2) is 2.70. The van der Waals surface area contributed by atoms with Crippen LogP contribution in [0.1, 0.15) is 13.3 Å². The summed E-state index contributed by atoms with van der Waals surface area (Å²) in [5, 5.41) is 5.38. The largest absolute Gasteiger partial charge is 0.230 e. The smallest absolute Gasteiger partial charge is 0.189 e. The summed E-state index contributed by atoms with van der Waals surface area (Å²) >= 11 is 1.75. The van der Waals surface area contributed by atoms with E-state index in [2.05, 4.69) is 17.0 Å². The summed E-state index contributed by atoms with van der Waals surface area (Å²) in [6, 6.07) is 0. The Morgan fingerprint density at radius 3 is 3.45 bits per heavy atom. The molecule has 0 saturated heterocycles. The van der Waals surface area contributed by atoms with Crippen LogP contribution in [0.25, 0.3) is 0 Å². The van der Waals surface area contributed by atoms with Gasteiger partial charge in [-0.05, 0) is 6.42 Å². The molecule has 58 valence electrons. The van der Waals surface area contributed by atoms with Crippen molar-refractivity contribution in [3.63, 3.8) is 0 Å². The molecule has 0 spiro atoms. The molecule has 0 fully saturated rings. The zero-order valence-corrected chi connectivity index (χ0v) is 7.14. The third-order valence-electron chi connectivity index (χ3n) is 1.61. The van der Waals surface area contributed by atoms with Crippen molar-refractivity contribution in [2.45, 2.75) is 18.5 Å². The fourth-order valence-electron chi connectivity index (χ4n) is 0.965. The van der Waals surface area contributed by atoms with Crippen molar-refractivity contribution in [1.82, 2.24) is 9.66 Å².